The van der Waals surface area contributed by atoms with Crippen molar-refractivity contribution in [3.8, 4) is 5.75 Å². The minimum atomic E-state index is -0.135. The van der Waals surface area contributed by atoms with Crippen LogP contribution in [-0.2, 0) is 12.8 Å². The van der Waals surface area contributed by atoms with Gasteiger partial charge in [0.05, 0.1) is 5.56 Å². The van der Waals surface area contributed by atoms with Crippen LogP contribution in [0.1, 0.15) is 53.6 Å². The second-order valence-electron chi connectivity index (χ2n) is 7.14. The summed E-state index contributed by atoms with van der Waals surface area (Å²) in [6.45, 7) is 3.01. The van der Waals surface area contributed by atoms with Crippen molar-refractivity contribution in [3.63, 3.8) is 0 Å². The van der Waals surface area contributed by atoms with Crippen molar-refractivity contribution in [1.82, 2.24) is 10.2 Å². The second kappa shape index (κ2) is 7.35. The highest BCUT2D eigenvalue weighted by Crippen LogP contribution is 2.28. The molecule has 0 aromatic heterocycles. The van der Waals surface area contributed by atoms with E-state index in [0.29, 0.717) is 18.0 Å². The summed E-state index contributed by atoms with van der Waals surface area (Å²) in [7, 11) is 2.16. The summed E-state index contributed by atoms with van der Waals surface area (Å²) in [6.07, 6.45) is 7.86. The SMILES string of the molecule is CN1CCC(CCNC(=O)c2cc3c(cc2O)CCCC3)CC1. The number of likely N-dealkylation sites (tertiary alicyclic amines) is 1. The highest BCUT2D eigenvalue weighted by molar-refractivity contribution is 5.97. The monoisotopic (exact) mass is 316 g/mol. The van der Waals surface area contributed by atoms with Gasteiger partial charge >= 0.3 is 0 Å². The summed E-state index contributed by atoms with van der Waals surface area (Å²) in [6, 6.07) is 3.69. The van der Waals surface area contributed by atoms with E-state index in [9.17, 15) is 9.90 Å². The standard InChI is InChI=1S/C19H28N2O2/c1-21-10-7-14(8-11-21)6-9-20-19(23)17-12-15-4-2-3-5-16(15)13-18(17)22/h12-14,22H,2-11H2,1H3,(H,20,23). The Bertz CT molecular complexity index is 563. The maximum atomic E-state index is 12.4. The number of amides is 1. The Kier molecular flexibility index (Phi) is 5.21. The zero-order valence-corrected chi connectivity index (χ0v) is 14.1. The van der Waals surface area contributed by atoms with Crippen molar-refractivity contribution in [2.45, 2.75) is 44.9 Å². The number of phenols is 1. The molecule has 23 heavy (non-hydrogen) atoms. The lowest BCUT2D eigenvalue weighted by Gasteiger charge is -2.28. The van der Waals surface area contributed by atoms with E-state index in [1.807, 2.05) is 6.07 Å². The molecule has 1 amide bonds. The third-order valence-corrected chi connectivity index (χ3v) is 5.38. The van der Waals surface area contributed by atoms with Crippen molar-refractivity contribution in [3.05, 3.63) is 28.8 Å². The minimum Gasteiger partial charge on any atom is -0.507 e. The maximum Gasteiger partial charge on any atom is 0.255 e. The average Bonchev–Trinajstić information content (AvgIpc) is 2.56. The molecule has 1 fully saturated rings. The van der Waals surface area contributed by atoms with Gasteiger partial charge in [-0.15, -0.1) is 0 Å². The van der Waals surface area contributed by atoms with Crippen LogP contribution in [0.5, 0.6) is 5.75 Å². The number of hydrogen-bond donors (Lipinski definition) is 2. The van der Waals surface area contributed by atoms with E-state index in [1.54, 1.807) is 6.07 Å². The summed E-state index contributed by atoms with van der Waals surface area (Å²) in [4.78, 5) is 14.7. The van der Waals surface area contributed by atoms with Gasteiger partial charge in [-0.1, -0.05) is 0 Å². The van der Waals surface area contributed by atoms with Gasteiger partial charge < -0.3 is 15.3 Å². The van der Waals surface area contributed by atoms with Gasteiger partial charge in [-0.2, -0.15) is 0 Å². The molecule has 3 rings (SSSR count). The lowest BCUT2D eigenvalue weighted by Crippen LogP contribution is -2.32. The normalized spacial score (nSPS) is 19.3. The molecule has 0 bridgehead atoms. The first-order chi connectivity index (χ1) is 11.1. The van der Waals surface area contributed by atoms with E-state index in [-0.39, 0.29) is 11.7 Å². The quantitative estimate of drug-likeness (QED) is 0.898. The van der Waals surface area contributed by atoms with Crippen LogP contribution in [0.25, 0.3) is 0 Å². The molecule has 0 saturated carbocycles. The maximum absolute atomic E-state index is 12.4. The number of piperidine rings is 1. The number of rotatable bonds is 4. The van der Waals surface area contributed by atoms with Gasteiger partial charge in [-0.3, -0.25) is 4.79 Å². The van der Waals surface area contributed by atoms with Crippen LogP contribution in [0.3, 0.4) is 0 Å². The number of aryl methyl sites for hydroxylation is 2. The predicted octanol–water partition coefficient (Wildman–Crippen LogP) is 2.73. The highest BCUT2D eigenvalue weighted by atomic mass is 16.3. The van der Waals surface area contributed by atoms with Crippen molar-refractivity contribution in [2.24, 2.45) is 5.92 Å². The molecule has 2 N–H and O–H groups in total. The second-order valence-corrected chi connectivity index (χ2v) is 7.14. The number of aromatic hydroxyl groups is 1. The number of carbonyl (C=O) groups excluding carboxylic acids is 1. The van der Waals surface area contributed by atoms with Gasteiger partial charge in [0, 0.05) is 6.54 Å². The zero-order valence-electron chi connectivity index (χ0n) is 14.1. The number of fused-ring (bicyclic) bond motifs is 1. The summed E-state index contributed by atoms with van der Waals surface area (Å²) in [5.41, 5.74) is 2.88. The molecule has 1 aromatic rings. The van der Waals surface area contributed by atoms with Gasteiger partial charge in [0.15, 0.2) is 0 Å². The fourth-order valence-electron chi connectivity index (χ4n) is 3.79. The number of benzene rings is 1. The van der Waals surface area contributed by atoms with E-state index in [1.165, 1.54) is 36.8 Å². The van der Waals surface area contributed by atoms with E-state index < -0.39 is 0 Å². The van der Waals surface area contributed by atoms with Crippen LogP contribution in [-0.4, -0.2) is 42.6 Å². The number of hydrogen-bond acceptors (Lipinski definition) is 3. The molecule has 0 unspecified atom stereocenters. The Labute approximate surface area is 138 Å². The lowest BCUT2D eigenvalue weighted by molar-refractivity contribution is 0.0946. The Morgan fingerprint density at radius 3 is 2.57 bits per heavy atom. The Hall–Kier alpha value is -1.55. The smallest absolute Gasteiger partial charge is 0.255 e. The summed E-state index contributed by atoms with van der Waals surface area (Å²) in [5.74, 6) is 0.704. The zero-order chi connectivity index (χ0) is 16.2. The molecule has 126 valence electrons. The van der Waals surface area contributed by atoms with Crippen LogP contribution in [0.15, 0.2) is 12.1 Å². The number of phenolic OH excluding ortho intramolecular Hbond substituents is 1. The largest absolute Gasteiger partial charge is 0.507 e. The van der Waals surface area contributed by atoms with E-state index in [4.69, 9.17) is 0 Å². The van der Waals surface area contributed by atoms with Crippen LogP contribution in [0, 0.1) is 5.92 Å². The molecule has 0 radical (unpaired) electrons. The Balaban J connectivity index is 1.54. The molecule has 1 aliphatic carbocycles. The van der Waals surface area contributed by atoms with E-state index in [2.05, 4.69) is 17.3 Å². The molecule has 1 heterocycles. The molecule has 1 aliphatic heterocycles. The number of nitrogens with one attached hydrogen (secondary N) is 1. The number of carbonyl (C=O) groups is 1. The van der Waals surface area contributed by atoms with Crippen LogP contribution >= 0.6 is 0 Å². The first-order valence-electron chi connectivity index (χ1n) is 8.95. The van der Waals surface area contributed by atoms with E-state index >= 15 is 0 Å². The predicted molar refractivity (Wildman–Crippen MR) is 91.9 cm³/mol. The topological polar surface area (TPSA) is 52.6 Å². The molecular weight excluding hydrogens is 288 g/mol. The van der Waals surface area contributed by atoms with Crippen LogP contribution in [0.2, 0.25) is 0 Å². The minimum absolute atomic E-state index is 0.127. The molecule has 2 aliphatic rings. The van der Waals surface area contributed by atoms with Gasteiger partial charge in [0.1, 0.15) is 5.75 Å². The van der Waals surface area contributed by atoms with Crippen molar-refractivity contribution in [1.29, 1.82) is 0 Å². The summed E-state index contributed by atoms with van der Waals surface area (Å²) < 4.78 is 0. The van der Waals surface area contributed by atoms with Gasteiger partial charge in [0.2, 0.25) is 0 Å². The third-order valence-electron chi connectivity index (χ3n) is 5.38. The van der Waals surface area contributed by atoms with Crippen molar-refractivity contribution in [2.75, 3.05) is 26.7 Å². The Morgan fingerprint density at radius 1 is 1.22 bits per heavy atom. The molecule has 4 heteroatoms. The fourth-order valence-corrected chi connectivity index (χ4v) is 3.79. The molecular formula is C19H28N2O2. The average molecular weight is 316 g/mol. The van der Waals surface area contributed by atoms with Gasteiger partial charge in [-0.05, 0) is 94.3 Å². The molecule has 1 saturated heterocycles. The Morgan fingerprint density at radius 2 is 1.87 bits per heavy atom. The number of nitrogens with zero attached hydrogens (tertiary/aromatic N) is 1. The fraction of sp³-hybridized carbons (Fsp3) is 0.632. The molecule has 0 spiro atoms. The first-order valence-corrected chi connectivity index (χ1v) is 8.95. The molecule has 1 aromatic carbocycles. The summed E-state index contributed by atoms with van der Waals surface area (Å²) >= 11 is 0. The lowest BCUT2D eigenvalue weighted by atomic mass is 9.89. The summed E-state index contributed by atoms with van der Waals surface area (Å²) in [5, 5.41) is 13.1. The van der Waals surface area contributed by atoms with Crippen molar-refractivity contribution < 1.29 is 9.90 Å². The molecule has 0 atom stereocenters. The van der Waals surface area contributed by atoms with Crippen LogP contribution < -0.4 is 5.32 Å². The third kappa shape index (κ3) is 4.05. The van der Waals surface area contributed by atoms with Gasteiger partial charge in [-0.25, -0.2) is 0 Å². The molecule has 4 nitrogen and oxygen atoms in total. The highest BCUT2D eigenvalue weighted by Gasteiger charge is 2.19. The first kappa shape index (κ1) is 16.3. The van der Waals surface area contributed by atoms with Crippen LogP contribution in [0.4, 0.5) is 0 Å². The van der Waals surface area contributed by atoms with Gasteiger partial charge in [0.25, 0.3) is 5.91 Å². The van der Waals surface area contributed by atoms with Crippen molar-refractivity contribution >= 4 is 5.91 Å². The van der Waals surface area contributed by atoms with E-state index in [0.717, 1.165) is 32.4 Å².